The molecule has 2 nitrogen and oxygen atoms in total. The SMILES string of the molecule is CCCNC(CSC(C)C(C)O)c1cc(C)cc(C)c1. The summed E-state index contributed by atoms with van der Waals surface area (Å²) in [7, 11) is 0. The smallest absolute Gasteiger partial charge is 0.0628 e. The first kappa shape index (κ1) is 17.5. The van der Waals surface area contributed by atoms with E-state index in [9.17, 15) is 5.11 Å². The zero-order valence-electron chi connectivity index (χ0n) is 13.4. The van der Waals surface area contributed by atoms with Crippen LogP contribution in [0.1, 0.15) is 49.9 Å². The standard InChI is InChI=1S/C17H29NOS/c1-6-7-18-17(11-20-15(5)14(4)19)16-9-12(2)8-13(3)10-16/h8-10,14-15,17-19H,6-7,11H2,1-5H3. The van der Waals surface area contributed by atoms with Crippen LogP contribution in [-0.2, 0) is 0 Å². The lowest BCUT2D eigenvalue weighted by molar-refractivity contribution is 0.196. The normalized spacial score (nSPS) is 15.9. The molecule has 1 aromatic carbocycles. The van der Waals surface area contributed by atoms with Crippen LogP contribution in [0.5, 0.6) is 0 Å². The minimum Gasteiger partial charge on any atom is -0.392 e. The minimum atomic E-state index is -0.258. The van der Waals surface area contributed by atoms with E-state index in [-0.39, 0.29) is 11.4 Å². The monoisotopic (exact) mass is 295 g/mol. The first-order valence-corrected chi connectivity index (χ1v) is 8.60. The van der Waals surface area contributed by atoms with E-state index in [4.69, 9.17) is 0 Å². The molecule has 0 saturated heterocycles. The Morgan fingerprint density at radius 2 is 1.75 bits per heavy atom. The molecule has 0 aliphatic heterocycles. The maximum atomic E-state index is 9.63. The van der Waals surface area contributed by atoms with Gasteiger partial charge in [-0.1, -0.05) is 43.2 Å². The zero-order chi connectivity index (χ0) is 15.1. The number of benzene rings is 1. The molecule has 0 saturated carbocycles. The third-order valence-electron chi connectivity index (χ3n) is 3.49. The quantitative estimate of drug-likeness (QED) is 0.764. The minimum absolute atomic E-state index is 0.258. The van der Waals surface area contributed by atoms with Crippen LogP contribution in [-0.4, -0.2) is 28.8 Å². The maximum absolute atomic E-state index is 9.63. The van der Waals surface area contributed by atoms with Crippen molar-refractivity contribution in [3.63, 3.8) is 0 Å². The third-order valence-corrected chi connectivity index (χ3v) is 4.94. The van der Waals surface area contributed by atoms with E-state index in [2.05, 4.69) is 51.2 Å². The van der Waals surface area contributed by atoms with E-state index in [0.29, 0.717) is 6.04 Å². The van der Waals surface area contributed by atoms with Gasteiger partial charge in [-0.3, -0.25) is 0 Å². The number of aliphatic hydroxyl groups excluding tert-OH is 1. The van der Waals surface area contributed by atoms with E-state index >= 15 is 0 Å². The van der Waals surface area contributed by atoms with E-state index in [1.165, 1.54) is 16.7 Å². The van der Waals surface area contributed by atoms with Gasteiger partial charge in [0.15, 0.2) is 0 Å². The number of thioether (sulfide) groups is 1. The van der Waals surface area contributed by atoms with Crippen LogP contribution in [0.4, 0.5) is 0 Å². The van der Waals surface area contributed by atoms with Gasteiger partial charge in [0, 0.05) is 17.0 Å². The highest BCUT2D eigenvalue weighted by atomic mass is 32.2. The number of hydrogen-bond donors (Lipinski definition) is 2. The van der Waals surface area contributed by atoms with E-state index in [1.54, 1.807) is 0 Å². The molecule has 0 spiro atoms. The van der Waals surface area contributed by atoms with Crippen LogP contribution < -0.4 is 5.32 Å². The summed E-state index contributed by atoms with van der Waals surface area (Å²) in [6, 6.07) is 7.12. The fourth-order valence-electron chi connectivity index (χ4n) is 2.19. The molecule has 0 heterocycles. The highest BCUT2D eigenvalue weighted by Crippen LogP contribution is 2.24. The lowest BCUT2D eigenvalue weighted by atomic mass is 10.0. The highest BCUT2D eigenvalue weighted by Gasteiger charge is 2.16. The van der Waals surface area contributed by atoms with Gasteiger partial charge < -0.3 is 10.4 Å². The third kappa shape index (κ3) is 5.86. The second-order valence-electron chi connectivity index (χ2n) is 5.71. The molecule has 3 atom stereocenters. The molecule has 114 valence electrons. The molecular formula is C17H29NOS. The Bertz CT molecular complexity index is 386. The Hall–Kier alpha value is -0.510. The van der Waals surface area contributed by atoms with Crippen molar-refractivity contribution in [1.29, 1.82) is 0 Å². The summed E-state index contributed by atoms with van der Waals surface area (Å²) in [5, 5.41) is 13.5. The van der Waals surface area contributed by atoms with Gasteiger partial charge in [-0.15, -0.1) is 0 Å². The molecule has 0 amide bonds. The Morgan fingerprint density at radius 1 is 1.15 bits per heavy atom. The first-order chi connectivity index (χ1) is 9.43. The van der Waals surface area contributed by atoms with Crippen LogP contribution in [0.2, 0.25) is 0 Å². The Morgan fingerprint density at radius 3 is 2.25 bits per heavy atom. The van der Waals surface area contributed by atoms with Crippen molar-refractivity contribution < 1.29 is 5.11 Å². The summed E-state index contributed by atoms with van der Waals surface area (Å²) in [5.74, 6) is 0.995. The van der Waals surface area contributed by atoms with Crippen molar-refractivity contribution >= 4 is 11.8 Å². The van der Waals surface area contributed by atoms with Crippen LogP contribution in [0.25, 0.3) is 0 Å². The van der Waals surface area contributed by atoms with Crippen LogP contribution in [0.15, 0.2) is 18.2 Å². The molecule has 2 N–H and O–H groups in total. The van der Waals surface area contributed by atoms with Crippen molar-refractivity contribution in [3.05, 3.63) is 34.9 Å². The second kappa shape index (κ2) is 8.71. The average Bonchev–Trinajstić information content (AvgIpc) is 2.37. The number of rotatable bonds is 8. The first-order valence-electron chi connectivity index (χ1n) is 7.55. The summed E-state index contributed by atoms with van der Waals surface area (Å²) < 4.78 is 0. The van der Waals surface area contributed by atoms with E-state index in [0.717, 1.165) is 18.7 Å². The van der Waals surface area contributed by atoms with Crippen LogP contribution >= 0.6 is 11.8 Å². The van der Waals surface area contributed by atoms with Crippen molar-refractivity contribution in [2.75, 3.05) is 12.3 Å². The molecular weight excluding hydrogens is 266 g/mol. The van der Waals surface area contributed by atoms with Crippen molar-refractivity contribution in [1.82, 2.24) is 5.32 Å². The summed E-state index contributed by atoms with van der Waals surface area (Å²) in [6.45, 7) is 11.5. The van der Waals surface area contributed by atoms with Gasteiger partial charge in [-0.05, 0) is 39.3 Å². The fraction of sp³-hybridized carbons (Fsp3) is 0.647. The molecule has 3 heteroatoms. The molecule has 0 bridgehead atoms. The molecule has 0 radical (unpaired) electrons. The molecule has 1 aromatic rings. The predicted molar refractivity (Wildman–Crippen MR) is 90.6 cm³/mol. The molecule has 0 aliphatic carbocycles. The lowest BCUT2D eigenvalue weighted by Crippen LogP contribution is -2.26. The fourth-order valence-corrected chi connectivity index (χ4v) is 3.27. The molecule has 20 heavy (non-hydrogen) atoms. The molecule has 0 fully saturated rings. The summed E-state index contributed by atoms with van der Waals surface area (Å²) in [5.41, 5.74) is 4.00. The Labute approximate surface area is 128 Å². The molecule has 0 aromatic heterocycles. The van der Waals surface area contributed by atoms with Gasteiger partial charge in [0.1, 0.15) is 0 Å². The maximum Gasteiger partial charge on any atom is 0.0628 e. The predicted octanol–water partition coefficient (Wildman–Crippen LogP) is 3.85. The Kier molecular flexibility index (Phi) is 7.63. The summed E-state index contributed by atoms with van der Waals surface area (Å²) in [6.07, 6.45) is 0.879. The van der Waals surface area contributed by atoms with Gasteiger partial charge in [0.2, 0.25) is 0 Å². The van der Waals surface area contributed by atoms with Crippen molar-refractivity contribution in [3.8, 4) is 0 Å². The topological polar surface area (TPSA) is 32.3 Å². The molecule has 1 rings (SSSR count). The van der Waals surface area contributed by atoms with E-state index < -0.39 is 0 Å². The Balaban J connectivity index is 2.77. The second-order valence-corrected chi connectivity index (χ2v) is 7.12. The van der Waals surface area contributed by atoms with Gasteiger partial charge in [0.05, 0.1) is 6.10 Å². The highest BCUT2D eigenvalue weighted by molar-refractivity contribution is 7.99. The number of aliphatic hydroxyl groups is 1. The zero-order valence-corrected chi connectivity index (χ0v) is 14.3. The lowest BCUT2D eigenvalue weighted by Gasteiger charge is -2.22. The van der Waals surface area contributed by atoms with E-state index in [1.807, 2.05) is 18.7 Å². The van der Waals surface area contributed by atoms with Gasteiger partial charge in [0.25, 0.3) is 0 Å². The number of hydrogen-bond acceptors (Lipinski definition) is 3. The average molecular weight is 295 g/mol. The summed E-state index contributed by atoms with van der Waals surface area (Å²) >= 11 is 1.84. The largest absolute Gasteiger partial charge is 0.392 e. The summed E-state index contributed by atoms with van der Waals surface area (Å²) in [4.78, 5) is 0. The van der Waals surface area contributed by atoms with Crippen molar-refractivity contribution in [2.24, 2.45) is 0 Å². The van der Waals surface area contributed by atoms with Gasteiger partial charge in [-0.2, -0.15) is 11.8 Å². The molecule has 3 unspecified atom stereocenters. The van der Waals surface area contributed by atoms with Crippen LogP contribution in [0.3, 0.4) is 0 Å². The van der Waals surface area contributed by atoms with Gasteiger partial charge >= 0.3 is 0 Å². The number of nitrogens with one attached hydrogen (secondary N) is 1. The van der Waals surface area contributed by atoms with Crippen molar-refractivity contribution in [2.45, 2.75) is 58.4 Å². The number of aryl methyl sites for hydroxylation is 2. The molecule has 0 aliphatic rings. The van der Waals surface area contributed by atoms with Gasteiger partial charge in [-0.25, -0.2) is 0 Å². The van der Waals surface area contributed by atoms with Crippen LogP contribution in [0, 0.1) is 13.8 Å².